The van der Waals surface area contributed by atoms with E-state index in [1.807, 2.05) is 6.92 Å². The molecular weight excluding hydrogens is 368 g/mol. The molecular formula is C19H22N2O5S. The second kappa shape index (κ2) is 7.87. The maximum atomic E-state index is 12.7. The van der Waals surface area contributed by atoms with Gasteiger partial charge in [-0.3, -0.25) is 9.10 Å². The zero-order chi connectivity index (χ0) is 19.4. The van der Waals surface area contributed by atoms with E-state index in [-0.39, 0.29) is 12.3 Å². The Hall–Kier alpha value is -2.74. The van der Waals surface area contributed by atoms with Crippen LogP contribution in [0.2, 0.25) is 0 Å². The molecule has 0 bridgehead atoms. The number of hydrogen-bond donors (Lipinski definition) is 1. The molecule has 0 unspecified atom stereocenters. The highest BCUT2D eigenvalue weighted by Crippen LogP contribution is 2.35. The number of nitrogens with zero attached hydrogens (tertiary/aromatic N) is 1. The van der Waals surface area contributed by atoms with E-state index in [4.69, 9.17) is 9.47 Å². The molecule has 0 aromatic heterocycles. The molecule has 2 aromatic carbocycles. The highest BCUT2D eigenvalue weighted by Gasteiger charge is 2.35. The number of benzene rings is 2. The molecule has 144 valence electrons. The second-order valence-electron chi connectivity index (χ2n) is 5.95. The fourth-order valence-corrected chi connectivity index (χ4v) is 3.91. The lowest BCUT2D eigenvalue weighted by molar-refractivity contribution is -0.122. The van der Waals surface area contributed by atoms with Gasteiger partial charge in [-0.25, -0.2) is 8.42 Å². The van der Waals surface area contributed by atoms with Crippen molar-refractivity contribution in [3.8, 4) is 11.5 Å². The highest BCUT2D eigenvalue weighted by atomic mass is 32.2. The van der Waals surface area contributed by atoms with Gasteiger partial charge in [-0.15, -0.1) is 0 Å². The third kappa shape index (κ3) is 4.16. The Morgan fingerprint density at radius 3 is 2.56 bits per heavy atom. The van der Waals surface area contributed by atoms with Crippen molar-refractivity contribution in [1.82, 2.24) is 0 Å². The van der Waals surface area contributed by atoms with Crippen LogP contribution in [0.3, 0.4) is 0 Å². The predicted molar refractivity (Wildman–Crippen MR) is 104 cm³/mol. The van der Waals surface area contributed by atoms with E-state index in [1.165, 1.54) is 4.31 Å². The van der Waals surface area contributed by atoms with Crippen molar-refractivity contribution < 1.29 is 22.7 Å². The Morgan fingerprint density at radius 2 is 1.89 bits per heavy atom. The number of carbonyl (C=O) groups is 1. The molecule has 0 saturated heterocycles. The SMILES string of the molecule is CCOc1ccc(NC(=O)[C@H]2CN(S(=O)(=O)CC)c3ccccc3O2)cc1. The molecule has 1 heterocycles. The van der Waals surface area contributed by atoms with E-state index >= 15 is 0 Å². The molecule has 0 saturated carbocycles. The summed E-state index contributed by atoms with van der Waals surface area (Å²) in [6.07, 6.45) is -0.951. The maximum Gasteiger partial charge on any atom is 0.267 e. The summed E-state index contributed by atoms with van der Waals surface area (Å²) in [5.41, 5.74) is 1.03. The van der Waals surface area contributed by atoms with Crippen molar-refractivity contribution in [2.24, 2.45) is 0 Å². The number of sulfonamides is 1. The monoisotopic (exact) mass is 390 g/mol. The van der Waals surface area contributed by atoms with E-state index < -0.39 is 22.0 Å². The van der Waals surface area contributed by atoms with Crippen molar-refractivity contribution in [2.75, 3.05) is 28.5 Å². The van der Waals surface area contributed by atoms with Crippen molar-refractivity contribution in [3.63, 3.8) is 0 Å². The third-order valence-electron chi connectivity index (χ3n) is 4.16. The molecule has 1 aliphatic heterocycles. The van der Waals surface area contributed by atoms with Gasteiger partial charge in [0.15, 0.2) is 6.10 Å². The first-order valence-electron chi connectivity index (χ1n) is 8.74. The molecule has 7 nitrogen and oxygen atoms in total. The Balaban J connectivity index is 1.79. The lowest BCUT2D eigenvalue weighted by atomic mass is 10.2. The van der Waals surface area contributed by atoms with Crippen molar-refractivity contribution in [3.05, 3.63) is 48.5 Å². The quantitative estimate of drug-likeness (QED) is 0.820. The molecule has 1 aliphatic rings. The lowest BCUT2D eigenvalue weighted by Crippen LogP contribution is -2.49. The molecule has 1 atom stereocenters. The van der Waals surface area contributed by atoms with Crippen LogP contribution in [-0.4, -0.2) is 39.3 Å². The average Bonchev–Trinajstić information content (AvgIpc) is 2.68. The fraction of sp³-hybridized carbons (Fsp3) is 0.316. The second-order valence-corrected chi connectivity index (χ2v) is 8.13. The summed E-state index contributed by atoms with van der Waals surface area (Å²) < 4.78 is 37.3. The predicted octanol–water partition coefficient (Wildman–Crippen LogP) is 2.64. The normalized spacial score (nSPS) is 16.2. The van der Waals surface area contributed by atoms with Crippen LogP contribution in [0, 0.1) is 0 Å². The van der Waals surface area contributed by atoms with E-state index in [2.05, 4.69) is 5.32 Å². The summed E-state index contributed by atoms with van der Waals surface area (Å²) in [4.78, 5) is 12.7. The minimum atomic E-state index is -3.53. The number of nitrogens with one attached hydrogen (secondary N) is 1. The van der Waals surface area contributed by atoms with Crippen LogP contribution in [-0.2, 0) is 14.8 Å². The standard InChI is InChI=1S/C19H22N2O5S/c1-3-25-15-11-9-14(10-12-15)20-19(22)18-13-21(27(23,24)4-2)16-7-5-6-8-17(16)26-18/h5-12,18H,3-4,13H2,1-2H3,(H,20,22)/t18-/m1/s1. The summed E-state index contributed by atoms with van der Waals surface area (Å²) in [6, 6.07) is 13.8. The van der Waals surface area contributed by atoms with Gasteiger partial charge in [-0.2, -0.15) is 0 Å². The number of ether oxygens (including phenoxy) is 2. The zero-order valence-corrected chi connectivity index (χ0v) is 16.0. The van der Waals surface area contributed by atoms with Gasteiger partial charge >= 0.3 is 0 Å². The van der Waals surface area contributed by atoms with E-state index in [0.29, 0.717) is 29.5 Å². The van der Waals surface area contributed by atoms with Gasteiger partial charge in [0.25, 0.3) is 5.91 Å². The molecule has 0 fully saturated rings. The van der Waals surface area contributed by atoms with Crippen LogP contribution in [0.4, 0.5) is 11.4 Å². The summed E-state index contributed by atoms with van der Waals surface area (Å²) in [5, 5.41) is 2.76. The minimum Gasteiger partial charge on any atom is -0.494 e. The van der Waals surface area contributed by atoms with Gasteiger partial charge in [-0.05, 0) is 50.2 Å². The van der Waals surface area contributed by atoms with Gasteiger partial charge in [-0.1, -0.05) is 12.1 Å². The number of fused-ring (bicyclic) bond motifs is 1. The van der Waals surface area contributed by atoms with Crippen molar-refractivity contribution in [1.29, 1.82) is 0 Å². The highest BCUT2D eigenvalue weighted by molar-refractivity contribution is 7.92. The number of anilines is 2. The summed E-state index contributed by atoms with van der Waals surface area (Å²) in [5.74, 6) is 0.602. The topological polar surface area (TPSA) is 84.9 Å². The Labute approximate surface area is 158 Å². The van der Waals surface area contributed by atoms with E-state index in [0.717, 1.165) is 0 Å². The molecule has 0 radical (unpaired) electrons. The number of rotatable bonds is 6. The lowest BCUT2D eigenvalue weighted by Gasteiger charge is -2.34. The van der Waals surface area contributed by atoms with E-state index in [1.54, 1.807) is 55.5 Å². The van der Waals surface area contributed by atoms with Gasteiger partial charge in [0.1, 0.15) is 11.5 Å². The largest absolute Gasteiger partial charge is 0.494 e. The number of carbonyl (C=O) groups excluding carboxylic acids is 1. The Kier molecular flexibility index (Phi) is 5.55. The van der Waals surface area contributed by atoms with E-state index in [9.17, 15) is 13.2 Å². The Bertz CT molecular complexity index is 912. The summed E-state index contributed by atoms with van der Waals surface area (Å²) in [6.45, 7) is 3.95. The van der Waals surface area contributed by atoms with Crippen molar-refractivity contribution in [2.45, 2.75) is 20.0 Å². The van der Waals surface area contributed by atoms with Crippen LogP contribution < -0.4 is 19.1 Å². The van der Waals surface area contributed by atoms with Crippen LogP contribution >= 0.6 is 0 Å². The van der Waals surface area contributed by atoms with Gasteiger partial charge < -0.3 is 14.8 Å². The first-order chi connectivity index (χ1) is 12.9. The zero-order valence-electron chi connectivity index (χ0n) is 15.2. The van der Waals surface area contributed by atoms with Crippen LogP contribution in [0.15, 0.2) is 48.5 Å². The molecule has 2 aromatic rings. The fourth-order valence-electron chi connectivity index (χ4n) is 2.78. The average molecular weight is 390 g/mol. The molecule has 27 heavy (non-hydrogen) atoms. The summed E-state index contributed by atoms with van der Waals surface area (Å²) in [7, 11) is -3.53. The van der Waals surface area contributed by atoms with Crippen LogP contribution in [0.1, 0.15) is 13.8 Å². The number of amides is 1. The number of hydrogen-bond acceptors (Lipinski definition) is 5. The molecule has 0 spiro atoms. The molecule has 3 rings (SSSR count). The molecule has 1 N–H and O–H groups in total. The van der Waals surface area contributed by atoms with Gasteiger partial charge in [0.05, 0.1) is 24.6 Å². The van der Waals surface area contributed by atoms with Gasteiger partial charge in [0.2, 0.25) is 10.0 Å². The van der Waals surface area contributed by atoms with Crippen LogP contribution in [0.5, 0.6) is 11.5 Å². The first-order valence-corrected chi connectivity index (χ1v) is 10.4. The molecule has 0 aliphatic carbocycles. The smallest absolute Gasteiger partial charge is 0.267 e. The number of para-hydroxylation sites is 2. The van der Waals surface area contributed by atoms with Crippen LogP contribution in [0.25, 0.3) is 0 Å². The molecule has 1 amide bonds. The minimum absolute atomic E-state index is 0.0609. The first kappa shape index (κ1) is 19.0. The molecule has 8 heteroatoms. The summed E-state index contributed by atoms with van der Waals surface area (Å²) >= 11 is 0. The third-order valence-corrected chi connectivity index (χ3v) is 5.91. The maximum absolute atomic E-state index is 12.7. The Morgan fingerprint density at radius 1 is 1.19 bits per heavy atom. The van der Waals surface area contributed by atoms with Gasteiger partial charge in [0, 0.05) is 5.69 Å². The van der Waals surface area contributed by atoms with Crippen molar-refractivity contribution >= 4 is 27.3 Å².